The van der Waals surface area contributed by atoms with Gasteiger partial charge in [-0.05, 0) is 19.8 Å². The van der Waals surface area contributed by atoms with Crippen LogP contribution in [0.25, 0.3) is 0 Å². The van der Waals surface area contributed by atoms with Crippen molar-refractivity contribution in [2.24, 2.45) is 0 Å². The monoisotopic (exact) mass is 235 g/mol. The topological polar surface area (TPSA) is 12.5 Å². The first-order valence-corrected chi connectivity index (χ1v) is 5.89. The van der Waals surface area contributed by atoms with Crippen molar-refractivity contribution in [3.05, 3.63) is 0 Å². The zero-order valence-corrected chi connectivity index (χ0v) is 9.35. The van der Waals surface area contributed by atoms with E-state index in [1.807, 2.05) is 0 Å². The number of halogens is 1. The van der Waals surface area contributed by atoms with E-state index < -0.39 is 0 Å². The second-order valence-electron chi connectivity index (χ2n) is 3.19. The number of hydrogen-bond acceptors (Lipinski definition) is 2. The molecule has 0 aliphatic carbocycles. The van der Waals surface area contributed by atoms with Gasteiger partial charge in [-0.3, -0.25) is 0 Å². The van der Waals surface area contributed by atoms with Crippen LogP contribution in [-0.2, 0) is 4.74 Å². The number of piperidine rings is 1. The fourth-order valence-corrected chi connectivity index (χ4v) is 2.16. The van der Waals surface area contributed by atoms with E-state index in [2.05, 4.69) is 27.8 Å². The van der Waals surface area contributed by atoms with Crippen molar-refractivity contribution in [1.29, 1.82) is 0 Å². The second kappa shape index (κ2) is 5.95. The van der Waals surface area contributed by atoms with Crippen LogP contribution in [0.2, 0.25) is 0 Å². The molecule has 0 aromatic heterocycles. The maximum atomic E-state index is 5.57. The van der Waals surface area contributed by atoms with E-state index in [1.54, 1.807) is 0 Å². The highest BCUT2D eigenvalue weighted by Gasteiger charge is 2.17. The third kappa shape index (κ3) is 3.42. The highest BCUT2D eigenvalue weighted by atomic mass is 79.9. The summed E-state index contributed by atoms with van der Waals surface area (Å²) in [6.45, 7) is 6.53. The lowest BCUT2D eigenvalue weighted by Gasteiger charge is -2.31. The first-order valence-electron chi connectivity index (χ1n) is 4.76. The number of hydrogen-bond donors (Lipinski definition) is 0. The molecule has 1 aliphatic rings. The molecule has 2 nitrogen and oxygen atoms in total. The van der Waals surface area contributed by atoms with Crippen molar-refractivity contribution in [1.82, 2.24) is 4.90 Å². The van der Waals surface area contributed by atoms with Crippen LogP contribution in [0.4, 0.5) is 0 Å². The molecule has 0 spiro atoms. The number of ether oxygens (including phenoxy) is 1. The van der Waals surface area contributed by atoms with Gasteiger partial charge in [-0.1, -0.05) is 15.9 Å². The Hall–Kier alpha value is 0.400. The van der Waals surface area contributed by atoms with Gasteiger partial charge < -0.3 is 9.64 Å². The summed E-state index contributed by atoms with van der Waals surface area (Å²) in [5.74, 6) is 0. The SMILES string of the molecule is CCOC1CCN(CCBr)CC1. The van der Waals surface area contributed by atoms with Crippen LogP contribution >= 0.6 is 15.9 Å². The average Bonchev–Trinajstić information content (AvgIpc) is 2.09. The van der Waals surface area contributed by atoms with E-state index in [4.69, 9.17) is 4.74 Å². The molecule has 0 N–H and O–H groups in total. The third-order valence-electron chi connectivity index (χ3n) is 2.34. The zero-order chi connectivity index (χ0) is 8.81. The summed E-state index contributed by atoms with van der Waals surface area (Å²) in [5.41, 5.74) is 0. The Kier molecular flexibility index (Phi) is 5.19. The Balaban J connectivity index is 2.11. The molecule has 0 unspecified atom stereocenters. The van der Waals surface area contributed by atoms with Crippen molar-refractivity contribution >= 4 is 15.9 Å². The van der Waals surface area contributed by atoms with Gasteiger partial charge >= 0.3 is 0 Å². The molecule has 0 bridgehead atoms. The first kappa shape index (κ1) is 10.5. The van der Waals surface area contributed by atoms with Crippen molar-refractivity contribution in [3.8, 4) is 0 Å². The molecule has 12 heavy (non-hydrogen) atoms. The normalized spacial score (nSPS) is 21.5. The minimum Gasteiger partial charge on any atom is -0.378 e. The minimum absolute atomic E-state index is 0.529. The lowest BCUT2D eigenvalue weighted by atomic mass is 10.1. The van der Waals surface area contributed by atoms with Gasteiger partial charge in [-0.25, -0.2) is 0 Å². The van der Waals surface area contributed by atoms with Crippen LogP contribution in [0.15, 0.2) is 0 Å². The maximum Gasteiger partial charge on any atom is 0.0599 e. The Morgan fingerprint density at radius 3 is 2.58 bits per heavy atom. The summed E-state index contributed by atoms with van der Waals surface area (Å²) in [5, 5.41) is 1.09. The molecule has 1 heterocycles. The Morgan fingerprint density at radius 2 is 2.08 bits per heavy atom. The summed E-state index contributed by atoms with van der Waals surface area (Å²) in [7, 11) is 0. The van der Waals surface area contributed by atoms with Crippen molar-refractivity contribution in [2.45, 2.75) is 25.9 Å². The van der Waals surface area contributed by atoms with Crippen LogP contribution in [0, 0.1) is 0 Å². The van der Waals surface area contributed by atoms with Crippen LogP contribution in [0.1, 0.15) is 19.8 Å². The van der Waals surface area contributed by atoms with Gasteiger partial charge in [0.15, 0.2) is 0 Å². The Labute approximate surface area is 83.4 Å². The maximum absolute atomic E-state index is 5.57. The summed E-state index contributed by atoms with van der Waals surface area (Å²) < 4.78 is 5.57. The lowest BCUT2D eigenvalue weighted by molar-refractivity contribution is 0.0157. The third-order valence-corrected chi connectivity index (χ3v) is 2.69. The van der Waals surface area contributed by atoms with Crippen LogP contribution < -0.4 is 0 Å². The van der Waals surface area contributed by atoms with Gasteiger partial charge in [0.2, 0.25) is 0 Å². The summed E-state index contributed by atoms with van der Waals surface area (Å²) in [6.07, 6.45) is 2.95. The van der Waals surface area contributed by atoms with E-state index >= 15 is 0 Å². The predicted molar refractivity (Wildman–Crippen MR) is 54.9 cm³/mol. The number of alkyl halides is 1. The quantitative estimate of drug-likeness (QED) is 0.691. The highest BCUT2D eigenvalue weighted by Crippen LogP contribution is 2.13. The molecule has 0 amide bonds. The number of likely N-dealkylation sites (tertiary alicyclic amines) is 1. The fourth-order valence-electron chi connectivity index (χ4n) is 1.65. The van der Waals surface area contributed by atoms with E-state index in [-0.39, 0.29) is 0 Å². The molecule has 0 radical (unpaired) electrons. The largest absolute Gasteiger partial charge is 0.378 e. The molecule has 0 aromatic carbocycles. The molecule has 3 heteroatoms. The fraction of sp³-hybridized carbons (Fsp3) is 1.00. The van der Waals surface area contributed by atoms with Crippen molar-refractivity contribution in [3.63, 3.8) is 0 Å². The van der Waals surface area contributed by atoms with Gasteiger partial charge in [0.1, 0.15) is 0 Å². The smallest absolute Gasteiger partial charge is 0.0599 e. The van der Waals surface area contributed by atoms with Gasteiger partial charge in [-0.2, -0.15) is 0 Å². The number of rotatable bonds is 4. The van der Waals surface area contributed by atoms with Gasteiger partial charge in [0.25, 0.3) is 0 Å². The molecule has 0 atom stereocenters. The average molecular weight is 236 g/mol. The standard InChI is InChI=1S/C9H18BrNO/c1-2-12-9-3-6-11(7-4-9)8-5-10/h9H,2-8H2,1H3. The lowest BCUT2D eigenvalue weighted by Crippen LogP contribution is -2.37. The molecule has 1 rings (SSSR count). The Bertz CT molecular complexity index is 99.1. The summed E-state index contributed by atoms with van der Waals surface area (Å²) in [6, 6.07) is 0. The van der Waals surface area contributed by atoms with Gasteiger partial charge in [0.05, 0.1) is 6.10 Å². The summed E-state index contributed by atoms with van der Waals surface area (Å²) >= 11 is 3.46. The van der Waals surface area contributed by atoms with Crippen molar-refractivity contribution < 1.29 is 4.74 Å². The summed E-state index contributed by atoms with van der Waals surface area (Å²) in [4.78, 5) is 2.49. The second-order valence-corrected chi connectivity index (χ2v) is 3.98. The van der Waals surface area contributed by atoms with Crippen molar-refractivity contribution in [2.75, 3.05) is 31.6 Å². The molecule has 1 aliphatic heterocycles. The highest BCUT2D eigenvalue weighted by molar-refractivity contribution is 9.09. The van der Waals surface area contributed by atoms with E-state index in [0.29, 0.717) is 6.10 Å². The molecular weight excluding hydrogens is 218 g/mol. The van der Waals surface area contributed by atoms with Crippen LogP contribution in [-0.4, -0.2) is 42.6 Å². The molecular formula is C9H18BrNO. The zero-order valence-electron chi connectivity index (χ0n) is 7.76. The van der Waals surface area contributed by atoms with E-state index in [9.17, 15) is 0 Å². The van der Waals surface area contributed by atoms with E-state index in [0.717, 1.165) is 11.9 Å². The van der Waals surface area contributed by atoms with Crippen LogP contribution in [0.3, 0.4) is 0 Å². The van der Waals surface area contributed by atoms with Crippen LogP contribution in [0.5, 0.6) is 0 Å². The molecule has 0 aromatic rings. The molecule has 1 fully saturated rings. The number of nitrogens with zero attached hydrogens (tertiary/aromatic N) is 1. The first-order chi connectivity index (χ1) is 5.86. The predicted octanol–water partition coefficient (Wildman–Crippen LogP) is 1.88. The molecule has 1 saturated heterocycles. The van der Waals surface area contributed by atoms with E-state index in [1.165, 1.54) is 32.5 Å². The molecule has 0 saturated carbocycles. The van der Waals surface area contributed by atoms with Gasteiger partial charge in [0, 0.05) is 31.6 Å². The Morgan fingerprint density at radius 1 is 1.42 bits per heavy atom. The molecule has 72 valence electrons. The minimum atomic E-state index is 0.529. The van der Waals surface area contributed by atoms with Gasteiger partial charge in [-0.15, -0.1) is 0 Å².